The summed E-state index contributed by atoms with van der Waals surface area (Å²) in [6, 6.07) is 3.84. The summed E-state index contributed by atoms with van der Waals surface area (Å²) in [7, 11) is 1.78. The van der Waals surface area contributed by atoms with Crippen LogP contribution < -0.4 is 0 Å². The minimum Gasteiger partial charge on any atom is -0.387 e. The van der Waals surface area contributed by atoms with Crippen molar-refractivity contribution in [1.29, 1.82) is 0 Å². The number of rotatable bonds is 2. The summed E-state index contributed by atoms with van der Waals surface area (Å²) in [5, 5.41) is 11.9. The van der Waals surface area contributed by atoms with Gasteiger partial charge < -0.3 is 10.0 Å². The summed E-state index contributed by atoms with van der Waals surface area (Å²) in [5.41, 5.74) is 0. The highest BCUT2D eigenvalue weighted by Gasteiger charge is 2.32. The maximum Gasteiger partial charge on any atom is 0.222 e. The molecule has 2 rings (SSSR count). The first kappa shape index (κ1) is 9.68. The number of hydrogen-bond donors (Lipinski definition) is 1. The Kier molecular flexibility index (Phi) is 2.56. The summed E-state index contributed by atoms with van der Waals surface area (Å²) in [4.78, 5) is 13.9. The van der Waals surface area contributed by atoms with Crippen LogP contribution in [0.25, 0.3) is 0 Å². The molecule has 1 N–H and O–H groups in total. The summed E-state index contributed by atoms with van der Waals surface area (Å²) in [6.07, 6.45) is -0.0147. The average Bonchev–Trinajstić information content (AvgIpc) is 2.76. The second-order valence-corrected chi connectivity index (χ2v) is 4.68. The predicted molar refractivity (Wildman–Crippen MR) is 55.0 cm³/mol. The van der Waals surface area contributed by atoms with Crippen molar-refractivity contribution in [1.82, 2.24) is 4.90 Å². The van der Waals surface area contributed by atoms with Crippen molar-refractivity contribution >= 4 is 17.2 Å². The van der Waals surface area contributed by atoms with Gasteiger partial charge >= 0.3 is 0 Å². The van der Waals surface area contributed by atoms with Crippen molar-refractivity contribution in [2.24, 2.45) is 5.92 Å². The van der Waals surface area contributed by atoms with E-state index in [9.17, 15) is 9.90 Å². The highest BCUT2D eigenvalue weighted by Crippen LogP contribution is 2.32. The van der Waals surface area contributed by atoms with E-state index in [1.54, 1.807) is 23.3 Å². The lowest BCUT2D eigenvalue weighted by atomic mass is 10.0. The van der Waals surface area contributed by atoms with Crippen molar-refractivity contribution in [2.45, 2.75) is 12.5 Å². The number of likely N-dealkylation sites (tertiary alicyclic amines) is 1. The molecule has 4 heteroatoms. The molecule has 0 radical (unpaired) electrons. The largest absolute Gasteiger partial charge is 0.387 e. The number of nitrogens with zero attached hydrogens (tertiary/aromatic N) is 1. The number of aliphatic hydroxyl groups excluding tert-OH is 1. The first-order chi connectivity index (χ1) is 6.68. The normalized spacial score (nSPS) is 24.3. The predicted octanol–water partition coefficient (Wildman–Crippen LogP) is 1.26. The number of amides is 1. The average molecular weight is 211 g/mol. The monoisotopic (exact) mass is 211 g/mol. The van der Waals surface area contributed by atoms with Gasteiger partial charge in [-0.15, -0.1) is 11.3 Å². The van der Waals surface area contributed by atoms with Crippen LogP contribution in [0.3, 0.4) is 0 Å². The molecule has 1 aliphatic heterocycles. The van der Waals surface area contributed by atoms with E-state index >= 15 is 0 Å². The van der Waals surface area contributed by atoms with E-state index in [1.165, 1.54) is 0 Å². The van der Waals surface area contributed by atoms with Crippen LogP contribution in [0, 0.1) is 5.92 Å². The molecule has 0 bridgehead atoms. The maximum absolute atomic E-state index is 11.3. The van der Waals surface area contributed by atoms with E-state index in [4.69, 9.17) is 0 Å². The highest BCUT2D eigenvalue weighted by molar-refractivity contribution is 7.10. The van der Waals surface area contributed by atoms with Crippen LogP contribution in [0.5, 0.6) is 0 Å². The van der Waals surface area contributed by atoms with Crippen molar-refractivity contribution < 1.29 is 9.90 Å². The summed E-state index contributed by atoms with van der Waals surface area (Å²) in [6.45, 7) is 0.665. The van der Waals surface area contributed by atoms with Crippen LogP contribution in [0.4, 0.5) is 0 Å². The van der Waals surface area contributed by atoms with Crippen molar-refractivity contribution in [2.75, 3.05) is 13.6 Å². The van der Waals surface area contributed by atoms with E-state index in [2.05, 4.69) is 0 Å². The van der Waals surface area contributed by atoms with E-state index in [0.717, 1.165) is 4.88 Å². The van der Waals surface area contributed by atoms with Gasteiger partial charge in [0, 0.05) is 30.8 Å². The molecule has 1 fully saturated rings. The zero-order valence-corrected chi connectivity index (χ0v) is 8.83. The van der Waals surface area contributed by atoms with Crippen LogP contribution in [0.1, 0.15) is 17.4 Å². The minimum atomic E-state index is -0.483. The van der Waals surface area contributed by atoms with Gasteiger partial charge in [-0.2, -0.15) is 0 Å². The fraction of sp³-hybridized carbons (Fsp3) is 0.500. The molecule has 0 saturated carbocycles. The summed E-state index contributed by atoms with van der Waals surface area (Å²) >= 11 is 1.54. The molecule has 14 heavy (non-hydrogen) atoms. The van der Waals surface area contributed by atoms with E-state index in [0.29, 0.717) is 13.0 Å². The highest BCUT2D eigenvalue weighted by atomic mass is 32.1. The Labute approximate surface area is 87.0 Å². The van der Waals surface area contributed by atoms with Gasteiger partial charge in [0.25, 0.3) is 0 Å². The second kappa shape index (κ2) is 3.71. The molecular weight excluding hydrogens is 198 g/mol. The van der Waals surface area contributed by atoms with E-state index in [-0.39, 0.29) is 11.8 Å². The van der Waals surface area contributed by atoms with Crippen LogP contribution in [-0.4, -0.2) is 29.5 Å². The number of aliphatic hydroxyl groups is 1. The topological polar surface area (TPSA) is 40.5 Å². The van der Waals surface area contributed by atoms with Gasteiger partial charge in [-0.3, -0.25) is 4.79 Å². The van der Waals surface area contributed by atoms with Gasteiger partial charge in [0.15, 0.2) is 0 Å². The summed E-state index contributed by atoms with van der Waals surface area (Å²) < 4.78 is 0. The smallest absolute Gasteiger partial charge is 0.222 e. The Balaban J connectivity index is 2.07. The standard InChI is InChI=1S/C10H13NO2S/c1-11-6-7(5-9(11)12)10(13)8-3-2-4-14-8/h2-4,7,10,13H,5-6H2,1H3. The summed E-state index contributed by atoms with van der Waals surface area (Å²) in [5.74, 6) is 0.191. The van der Waals surface area contributed by atoms with Crippen LogP contribution >= 0.6 is 11.3 Å². The molecule has 3 nitrogen and oxygen atoms in total. The first-order valence-corrected chi connectivity index (χ1v) is 5.52. The lowest BCUT2D eigenvalue weighted by Gasteiger charge is -2.15. The molecule has 0 aliphatic carbocycles. The molecule has 1 saturated heterocycles. The van der Waals surface area contributed by atoms with Gasteiger partial charge in [0.05, 0.1) is 6.10 Å². The van der Waals surface area contributed by atoms with Crippen LogP contribution in [0.15, 0.2) is 17.5 Å². The number of thiophene rings is 1. The van der Waals surface area contributed by atoms with Gasteiger partial charge in [-0.25, -0.2) is 0 Å². The van der Waals surface area contributed by atoms with Crippen molar-refractivity contribution in [3.8, 4) is 0 Å². The molecule has 1 aromatic heterocycles. The molecule has 2 unspecified atom stereocenters. The molecular formula is C10H13NO2S. The molecule has 2 heterocycles. The Hall–Kier alpha value is -0.870. The first-order valence-electron chi connectivity index (χ1n) is 4.64. The van der Waals surface area contributed by atoms with Crippen molar-refractivity contribution in [3.05, 3.63) is 22.4 Å². The number of hydrogen-bond acceptors (Lipinski definition) is 3. The third-order valence-corrected chi connectivity index (χ3v) is 3.60. The lowest BCUT2D eigenvalue weighted by molar-refractivity contribution is -0.126. The number of carbonyl (C=O) groups is 1. The van der Waals surface area contributed by atoms with Crippen LogP contribution in [-0.2, 0) is 4.79 Å². The van der Waals surface area contributed by atoms with E-state index in [1.807, 2.05) is 17.5 Å². The third kappa shape index (κ3) is 1.67. The van der Waals surface area contributed by atoms with E-state index < -0.39 is 6.10 Å². The van der Waals surface area contributed by atoms with Crippen molar-refractivity contribution in [3.63, 3.8) is 0 Å². The second-order valence-electron chi connectivity index (χ2n) is 3.70. The lowest BCUT2D eigenvalue weighted by Crippen LogP contribution is -2.20. The Morgan fingerprint density at radius 1 is 1.71 bits per heavy atom. The molecule has 0 aromatic carbocycles. The Morgan fingerprint density at radius 2 is 2.50 bits per heavy atom. The van der Waals surface area contributed by atoms with Gasteiger partial charge in [-0.05, 0) is 11.4 Å². The molecule has 0 spiro atoms. The zero-order valence-electron chi connectivity index (χ0n) is 8.01. The molecule has 1 amide bonds. The quantitative estimate of drug-likeness (QED) is 0.800. The van der Waals surface area contributed by atoms with Crippen LogP contribution in [0.2, 0.25) is 0 Å². The minimum absolute atomic E-state index is 0.0612. The van der Waals surface area contributed by atoms with Gasteiger partial charge in [0.2, 0.25) is 5.91 Å². The SMILES string of the molecule is CN1CC(C(O)c2cccs2)CC1=O. The Morgan fingerprint density at radius 3 is 3.00 bits per heavy atom. The maximum atomic E-state index is 11.3. The fourth-order valence-electron chi connectivity index (χ4n) is 1.80. The molecule has 76 valence electrons. The molecule has 1 aromatic rings. The number of carbonyl (C=O) groups excluding carboxylic acids is 1. The fourth-order valence-corrected chi connectivity index (χ4v) is 2.60. The zero-order chi connectivity index (χ0) is 10.1. The third-order valence-electron chi connectivity index (χ3n) is 2.65. The van der Waals surface area contributed by atoms with Gasteiger partial charge in [0.1, 0.15) is 0 Å². The van der Waals surface area contributed by atoms with Gasteiger partial charge in [-0.1, -0.05) is 6.07 Å². The molecule has 1 aliphatic rings. The molecule has 2 atom stereocenters. The Bertz CT molecular complexity index is 323.